The van der Waals surface area contributed by atoms with Gasteiger partial charge < -0.3 is 9.84 Å². The van der Waals surface area contributed by atoms with Crippen LogP contribution in [0.1, 0.15) is 32.3 Å². The number of ether oxygens (including phenoxy) is 1. The summed E-state index contributed by atoms with van der Waals surface area (Å²) in [4.78, 5) is 0. The Hall–Kier alpha value is -1.64. The highest BCUT2D eigenvalue weighted by Gasteiger charge is 2.43. The molecule has 0 bridgehead atoms. The third-order valence-electron chi connectivity index (χ3n) is 5.64. The van der Waals surface area contributed by atoms with Crippen LogP contribution in [0.4, 0.5) is 0 Å². The molecule has 1 fully saturated rings. The van der Waals surface area contributed by atoms with E-state index in [9.17, 15) is 5.11 Å². The lowest BCUT2D eigenvalue weighted by Crippen LogP contribution is -2.46. The second kappa shape index (κ2) is 7.08. The average molecular weight is 324 g/mol. The van der Waals surface area contributed by atoms with Gasteiger partial charge in [0.05, 0.1) is 6.10 Å². The zero-order chi connectivity index (χ0) is 17.2. The molecule has 3 atom stereocenters. The van der Waals surface area contributed by atoms with Gasteiger partial charge in [0, 0.05) is 19.6 Å². The number of fused-ring (bicyclic) bond motifs is 1. The number of benzene rings is 2. The van der Waals surface area contributed by atoms with Crippen molar-refractivity contribution >= 4 is 16.8 Å². The lowest BCUT2D eigenvalue weighted by molar-refractivity contribution is -0.0911. The van der Waals surface area contributed by atoms with Crippen LogP contribution in [-0.2, 0) is 4.74 Å². The molecule has 3 rings (SSSR count). The van der Waals surface area contributed by atoms with Gasteiger partial charge >= 0.3 is 0 Å². The molecule has 1 saturated carbocycles. The summed E-state index contributed by atoms with van der Waals surface area (Å²) in [6.45, 7) is 4.66. The van der Waals surface area contributed by atoms with E-state index in [0.29, 0.717) is 5.92 Å². The standard InChI is InChI=1S/C22H28O2/c1-22(2)14-13-18(20(15-23)21(22)24-3)12-11-17-9-6-8-16-7-4-5-10-19(16)17/h4-12,18,20-21,23H,13-15H2,1-3H3/t18-,20-,21+/m0/s1. The monoisotopic (exact) mass is 324 g/mol. The van der Waals surface area contributed by atoms with Crippen LogP contribution in [0.15, 0.2) is 48.5 Å². The topological polar surface area (TPSA) is 29.5 Å². The predicted octanol–water partition coefficient (Wildman–Crippen LogP) is 4.91. The molecule has 1 aliphatic carbocycles. The number of hydrogen-bond acceptors (Lipinski definition) is 2. The smallest absolute Gasteiger partial charge is 0.0677 e. The van der Waals surface area contributed by atoms with Crippen LogP contribution < -0.4 is 0 Å². The summed E-state index contributed by atoms with van der Waals surface area (Å²) < 4.78 is 5.77. The Morgan fingerprint density at radius 2 is 1.92 bits per heavy atom. The van der Waals surface area contributed by atoms with Crippen molar-refractivity contribution < 1.29 is 9.84 Å². The minimum atomic E-state index is 0.0958. The van der Waals surface area contributed by atoms with E-state index in [1.165, 1.54) is 16.3 Å². The summed E-state index contributed by atoms with van der Waals surface area (Å²) in [6, 6.07) is 14.9. The zero-order valence-electron chi connectivity index (χ0n) is 14.9. The molecule has 0 saturated heterocycles. The Morgan fingerprint density at radius 1 is 1.17 bits per heavy atom. The number of aliphatic hydroxyl groups excluding tert-OH is 1. The Morgan fingerprint density at radius 3 is 2.67 bits per heavy atom. The first kappa shape index (κ1) is 17.2. The fraction of sp³-hybridized carbons (Fsp3) is 0.455. The van der Waals surface area contributed by atoms with Gasteiger partial charge in [0.15, 0.2) is 0 Å². The highest BCUT2D eigenvalue weighted by Crippen LogP contribution is 2.44. The summed E-state index contributed by atoms with van der Waals surface area (Å²) in [5.74, 6) is 0.511. The maximum Gasteiger partial charge on any atom is 0.0677 e. The fourth-order valence-electron chi connectivity index (χ4n) is 4.29. The first-order chi connectivity index (χ1) is 11.6. The van der Waals surface area contributed by atoms with E-state index in [1.807, 2.05) is 0 Å². The van der Waals surface area contributed by atoms with Gasteiger partial charge in [-0.25, -0.2) is 0 Å². The van der Waals surface area contributed by atoms with Gasteiger partial charge in [-0.05, 0) is 40.5 Å². The number of methoxy groups -OCH3 is 1. The van der Waals surface area contributed by atoms with E-state index in [0.717, 1.165) is 12.8 Å². The molecule has 0 amide bonds. The maximum atomic E-state index is 9.95. The van der Waals surface area contributed by atoms with Gasteiger partial charge in [0.1, 0.15) is 0 Å². The molecule has 1 N–H and O–H groups in total. The van der Waals surface area contributed by atoms with Gasteiger partial charge in [-0.3, -0.25) is 0 Å². The Kier molecular flexibility index (Phi) is 5.07. The quantitative estimate of drug-likeness (QED) is 0.865. The Bertz CT molecular complexity index is 711. The SMILES string of the molecule is CO[C@@H]1[C@@H](CO)[C@@H](C=Cc2cccc3ccccc23)CCC1(C)C. The zero-order valence-corrected chi connectivity index (χ0v) is 14.9. The number of hydrogen-bond donors (Lipinski definition) is 1. The molecule has 2 aromatic carbocycles. The number of aliphatic hydroxyl groups is 1. The third kappa shape index (κ3) is 3.26. The predicted molar refractivity (Wildman–Crippen MR) is 101 cm³/mol. The highest BCUT2D eigenvalue weighted by atomic mass is 16.5. The van der Waals surface area contributed by atoms with E-state index < -0.39 is 0 Å². The maximum absolute atomic E-state index is 9.95. The van der Waals surface area contributed by atoms with Gasteiger partial charge in [0.25, 0.3) is 0 Å². The van der Waals surface area contributed by atoms with Crippen LogP contribution in [-0.4, -0.2) is 24.9 Å². The molecule has 128 valence electrons. The molecular weight excluding hydrogens is 296 g/mol. The molecule has 0 aliphatic heterocycles. The molecule has 2 aromatic rings. The Balaban J connectivity index is 1.87. The van der Waals surface area contributed by atoms with Crippen LogP contribution >= 0.6 is 0 Å². The second-order valence-electron chi connectivity index (χ2n) is 7.62. The minimum absolute atomic E-state index is 0.0958. The second-order valence-corrected chi connectivity index (χ2v) is 7.62. The number of rotatable bonds is 4. The largest absolute Gasteiger partial charge is 0.396 e. The van der Waals surface area contributed by atoms with Gasteiger partial charge in [0.2, 0.25) is 0 Å². The van der Waals surface area contributed by atoms with Gasteiger partial charge in [-0.15, -0.1) is 0 Å². The lowest BCUT2D eigenvalue weighted by atomic mass is 9.65. The van der Waals surface area contributed by atoms with Crippen molar-refractivity contribution in [1.82, 2.24) is 0 Å². The average Bonchev–Trinajstić information content (AvgIpc) is 2.59. The first-order valence-corrected chi connectivity index (χ1v) is 8.86. The molecule has 0 unspecified atom stereocenters. The summed E-state index contributed by atoms with van der Waals surface area (Å²) in [5.41, 5.74) is 1.36. The number of allylic oxidation sites excluding steroid dienone is 1. The summed E-state index contributed by atoms with van der Waals surface area (Å²) in [5, 5.41) is 12.5. The van der Waals surface area contributed by atoms with E-state index in [2.05, 4.69) is 68.5 Å². The van der Waals surface area contributed by atoms with Gasteiger partial charge in [-0.2, -0.15) is 0 Å². The van der Waals surface area contributed by atoms with E-state index in [-0.39, 0.29) is 24.0 Å². The Labute approximate surface area is 145 Å². The van der Waals surface area contributed by atoms with Gasteiger partial charge in [-0.1, -0.05) is 68.5 Å². The van der Waals surface area contributed by atoms with Crippen molar-refractivity contribution in [3.05, 3.63) is 54.1 Å². The van der Waals surface area contributed by atoms with Crippen LogP contribution in [0.2, 0.25) is 0 Å². The molecule has 0 heterocycles. The summed E-state index contributed by atoms with van der Waals surface area (Å²) in [7, 11) is 1.77. The van der Waals surface area contributed by atoms with Crippen LogP contribution in [0, 0.1) is 17.3 Å². The minimum Gasteiger partial charge on any atom is -0.396 e. The third-order valence-corrected chi connectivity index (χ3v) is 5.64. The van der Waals surface area contributed by atoms with Crippen LogP contribution in [0.5, 0.6) is 0 Å². The first-order valence-electron chi connectivity index (χ1n) is 8.86. The van der Waals surface area contributed by atoms with Crippen molar-refractivity contribution in [3.8, 4) is 0 Å². The highest BCUT2D eigenvalue weighted by molar-refractivity contribution is 5.90. The molecule has 24 heavy (non-hydrogen) atoms. The molecule has 2 heteroatoms. The molecule has 2 nitrogen and oxygen atoms in total. The van der Waals surface area contributed by atoms with Crippen molar-refractivity contribution in [2.24, 2.45) is 17.3 Å². The summed E-state index contributed by atoms with van der Waals surface area (Å²) in [6.07, 6.45) is 6.81. The van der Waals surface area contributed by atoms with Crippen molar-refractivity contribution in [3.63, 3.8) is 0 Å². The summed E-state index contributed by atoms with van der Waals surface area (Å²) >= 11 is 0. The van der Waals surface area contributed by atoms with Crippen molar-refractivity contribution in [2.45, 2.75) is 32.8 Å². The molecular formula is C22H28O2. The van der Waals surface area contributed by atoms with Crippen molar-refractivity contribution in [1.29, 1.82) is 0 Å². The molecule has 0 radical (unpaired) electrons. The molecule has 0 spiro atoms. The molecule has 0 aromatic heterocycles. The molecule has 1 aliphatic rings. The lowest BCUT2D eigenvalue weighted by Gasteiger charge is -2.45. The van der Waals surface area contributed by atoms with Crippen molar-refractivity contribution in [2.75, 3.05) is 13.7 Å². The normalized spacial score (nSPS) is 26.9. The van der Waals surface area contributed by atoms with E-state index >= 15 is 0 Å². The van der Waals surface area contributed by atoms with Crippen LogP contribution in [0.3, 0.4) is 0 Å². The van der Waals surface area contributed by atoms with E-state index in [1.54, 1.807) is 7.11 Å². The fourth-order valence-corrected chi connectivity index (χ4v) is 4.29. The van der Waals surface area contributed by atoms with Crippen LogP contribution in [0.25, 0.3) is 16.8 Å². The van der Waals surface area contributed by atoms with E-state index in [4.69, 9.17) is 4.74 Å².